The van der Waals surface area contributed by atoms with Crippen LogP contribution >= 0.6 is 0 Å². The smallest absolute Gasteiger partial charge is 0.00233 e. The molecule has 0 nitrogen and oxygen atoms in total. The molecule has 0 N–H and O–H groups in total. The highest BCUT2D eigenvalue weighted by molar-refractivity contribution is 6.24. The largest absolute Gasteiger partial charge is 0.0616 e. The van der Waals surface area contributed by atoms with Crippen molar-refractivity contribution in [2.45, 2.75) is 51.4 Å². The zero-order valence-corrected chi connectivity index (χ0v) is 28.5. The minimum Gasteiger partial charge on any atom is -0.0616 e. The number of rotatable bonds is 2. The van der Waals surface area contributed by atoms with Gasteiger partial charge in [0.1, 0.15) is 0 Å². The third-order valence-corrected chi connectivity index (χ3v) is 11.6. The molecule has 8 aromatic rings. The Morgan fingerprint density at radius 1 is 0.260 bits per heavy atom. The summed E-state index contributed by atoms with van der Waals surface area (Å²) in [4.78, 5) is 0. The second-order valence-electron chi connectivity index (χ2n) is 14.7. The Morgan fingerprint density at radius 3 is 1.02 bits per heavy atom. The van der Waals surface area contributed by atoms with Crippen LogP contribution in [0.4, 0.5) is 0 Å². The van der Waals surface area contributed by atoms with Crippen LogP contribution in [0.3, 0.4) is 0 Å². The summed E-state index contributed by atoms with van der Waals surface area (Å²) in [5, 5.41) is 8.02. The Hall–Kier alpha value is -5.46. The molecule has 0 saturated heterocycles. The van der Waals surface area contributed by atoms with Crippen molar-refractivity contribution in [2.24, 2.45) is 0 Å². The van der Waals surface area contributed by atoms with Crippen LogP contribution in [0.5, 0.6) is 0 Å². The first kappa shape index (κ1) is 29.5. The van der Waals surface area contributed by atoms with Crippen LogP contribution in [0.2, 0.25) is 0 Å². The Morgan fingerprint density at radius 2 is 0.600 bits per heavy atom. The molecule has 0 aromatic heterocycles. The molecule has 8 aliphatic rings. The van der Waals surface area contributed by atoms with Crippen molar-refractivity contribution in [3.63, 3.8) is 0 Å². The third-order valence-electron chi connectivity index (χ3n) is 11.6. The Bertz CT molecular complexity index is 2390. The van der Waals surface area contributed by atoms with Crippen LogP contribution in [0, 0.1) is 0 Å². The van der Waals surface area contributed by atoms with Gasteiger partial charge in [-0.25, -0.2) is 0 Å². The van der Waals surface area contributed by atoms with Gasteiger partial charge in [0.05, 0.1) is 0 Å². The average Bonchev–Trinajstić information content (AvgIpc) is 3.15. The molecule has 0 spiro atoms. The summed E-state index contributed by atoms with van der Waals surface area (Å²) in [6.07, 6.45) is 8.34. The summed E-state index contributed by atoms with van der Waals surface area (Å²) < 4.78 is 0. The molecule has 0 radical (unpaired) electrons. The molecular formula is C50H40. The van der Waals surface area contributed by atoms with Gasteiger partial charge >= 0.3 is 0 Å². The van der Waals surface area contributed by atoms with Crippen molar-refractivity contribution in [3.8, 4) is 22.3 Å². The molecule has 0 aliphatic heterocycles. The highest BCUT2D eigenvalue weighted by Gasteiger charge is 2.22. The fourth-order valence-electron chi connectivity index (χ4n) is 8.78. The topological polar surface area (TPSA) is 0 Å². The minimum absolute atomic E-state index is 1.02. The number of hydrogen-bond acceptors (Lipinski definition) is 0. The maximum absolute atomic E-state index is 2.54. The van der Waals surface area contributed by atoms with Crippen LogP contribution in [0.15, 0.2) is 146 Å². The van der Waals surface area contributed by atoms with Gasteiger partial charge in [0.15, 0.2) is 0 Å². The number of hydrogen-bond donors (Lipinski definition) is 0. The van der Waals surface area contributed by atoms with E-state index in [2.05, 4.69) is 146 Å². The first-order chi connectivity index (χ1) is 24.7. The van der Waals surface area contributed by atoms with Gasteiger partial charge in [-0.3, -0.25) is 0 Å². The first-order valence-corrected chi connectivity index (χ1v) is 18.5. The molecule has 0 unspecified atom stereocenters. The Labute approximate surface area is 295 Å². The molecular weight excluding hydrogens is 601 g/mol. The molecule has 0 atom stereocenters. The highest BCUT2D eigenvalue weighted by atomic mass is 14.3. The van der Waals surface area contributed by atoms with E-state index in [1.54, 1.807) is 0 Å². The van der Waals surface area contributed by atoms with Crippen LogP contribution in [0.1, 0.15) is 44.5 Å². The van der Waals surface area contributed by atoms with Crippen LogP contribution in [-0.2, 0) is 51.4 Å². The lowest BCUT2D eigenvalue weighted by atomic mass is 9.80. The quantitative estimate of drug-likeness (QED) is 0.165. The molecule has 0 fully saturated rings. The summed E-state index contributed by atoms with van der Waals surface area (Å²) in [6.45, 7) is 0. The predicted octanol–water partition coefficient (Wildman–Crippen LogP) is 12.2. The zero-order valence-electron chi connectivity index (χ0n) is 28.5. The molecule has 8 aromatic carbocycles. The molecule has 8 bridgehead atoms. The zero-order chi connectivity index (χ0) is 33.0. The van der Waals surface area contributed by atoms with E-state index in [9.17, 15) is 0 Å². The maximum atomic E-state index is 2.54. The Kier molecular flexibility index (Phi) is 7.16. The molecule has 0 saturated carbocycles. The van der Waals surface area contributed by atoms with Gasteiger partial charge in [-0.1, -0.05) is 133 Å². The standard InChI is InChI=1S/C50H40/c1-2-6-42-32-48-47(31-41(42)5-1)49(45-29-37-19-17-33-9-13-35(14-10-33)21-25-39(45)27-23-37)43-7-3-4-8-44(43)50(48)46-30-38-20-18-34-11-15-36(16-12-34)22-26-40(46)28-24-38/h1-16,23-24,27-32H,17-22,25-26H2. The van der Waals surface area contributed by atoms with Gasteiger partial charge < -0.3 is 0 Å². The van der Waals surface area contributed by atoms with E-state index in [-0.39, 0.29) is 0 Å². The summed E-state index contributed by atoms with van der Waals surface area (Å²) in [7, 11) is 0. The molecule has 16 rings (SSSR count). The molecule has 0 heterocycles. The van der Waals surface area contributed by atoms with Gasteiger partial charge in [0.25, 0.3) is 0 Å². The Balaban J connectivity index is 1.27. The van der Waals surface area contributed by atoms with E-state index in [1.807, 2.05) is 0 Å². The van der Waals surface area contributed by atoms with Crippen LogP contribution in [-0.4, -0.2) is 0 Å². The van der Waals surface area contributed by atoms with E-state index >= 15 is 0 Å². The number of fused-ring (bicyclic) bond motifs is 3. The van der Waals surface area contributed by atoms with Gasteiger partial charge in [0.2, 0.25) is 0 Å². The van der Waals surface area contributed by atoms with E-state index < -0.39 is 0 Å². The molecule has 8 aliphatic carbocycles. The minimum atomic E-state index is 1.02. The van der Waals surface area contributed by atoms with Gasteiger partial charge in [-0.05, 0) is 163 Å². The SMILES string of the molecule is c1ccc2cc3c(-c4cc5ccc4CCc4ccc(cc4)CC5)c4ccccc4c(-c4cc5ccc4CCc4ccc(cc4)CC5)c3cc2c1. The van der Waals surface area contributed by atoms with Crippen molar-refractivity contribution >= 4 is 32.3 Å². The molecule has 240 valence electrons. The molecule has 0 amide bonds. The lowest BCUT2D eigenvalue weighted by Gasteiger charge is -2.23. The fourth-order valence-corrected chi connectivity index (χ4v) is 8.78. The first-order valence-electron chi connectivity index (χ1n) is 18.5. The van der Waals surface area contributed by atoms with Crippen LogP contribution in [0.25, 0.3) is 54.6 Å². The van der Waals surface area contributed by atoms with E-state index in [4.69, 9.17) is 0 Å². The normalized spacial score (nSPS) is 14.2. The summed E-state index contributed by atoms with van der Waals surface area (Å²) in [6, 6.07) is 56.7. The summed E-state index contributed by atoms with van der Waals surface area (Å²) in [5.74, 6) is 0. The van der Waals surface area contributed by atoms with Gasteiger partial charge in [-0.15, -0.1) is 0 Å². The molecule has 0 heteroatoms. The lowest BCUT2D eigenvalue weighted by Crippen LogP contribution is -2.02. The van der Waals surface area contributed by atoms with Crippen molar-refractivity contribution in [2.75, 3.05) is 0 Å². The van der Waals surface area contributed by atoms with Gasteiger partial charge in [-0.2, -0.15) is 0 Å². The van der Waals surface area contributed by atoms with Crippen molar-refractivity contribution < 1.29 is 0 Å². The highest BCUT2D eigenvalue weighted by Crippen LogP contribution is 2.47. The third kappa shape index (κ3) is 5.22. The van der Waals surface area contributed by atoms with Crippen LogP contribution < -0.4 is 0 Å². The second-order valence-corrected chi connectivity index (χ2v) is 14.7. The molecule has 50 heavy (non-hydrogen) atoms. The predicted molar refractivity (Wildman–Crippen MR) is 212 cm³/mol. The van der Waals surface area contributed by atoms with E-state index in [0.717, 1.165) is 51.4 Å². The van der Waals surface area contributed by atoms with Gasteiger partial charge in [0, 0.05) is 0 Å². The maximum Gasteiger partial charge on any atom is -0.00233 e. The average molecular weight is 641 g/mol. The van der Waals surface area contributed by atoms with E-state index in [0.29, 0.717) is 0 Å². The van der Waals surface area contributed by atoms with E-state index in [1.165, 1.54) is 99.1 Å². The number of benzene rings is 8. The summed E-state index contributed by atoms with van der Waals surface area (Å²) >= 11 is 0. The van der Waals surface area contributed by atoms with Crippen molar-refractivity contribution in [3.05, 3.63) is 190 Å². The second kappa shape index (κ2) is 12.1. The lowest BCUT2D eigenvalue weighted by molar-refractivity contribution is 0.923. The summed E-state index contributed by atoms with van der Waals surface area (Å²) in [5.41, 5.74) is 17.0. The van der Waals surface area contributed by atoms with Crippen molar-refractivity contribution in [1.82, 2.24) is 0 Å². The fraction of sp³-hybridized carbons (Fsp3) is 0.160. The number of aryl methyl sites for hydroxylation is 8. The monoisotopic (exact) mass is 640 g/mol. The van der Waals surface area contributed by atoms with Crippen molar-refractivity contribution in [1.29, 1.82) is 0 Å².